The van der Waals surface area contributed by atoms with Gasteiger partial charge in [-0.2, -0.15) is 0 Å². The minimum atomic E-state index is -0.218. The number of urea groups is 1. The van der Waals surface area contributed by atoms with Gasteiger partial charge in [-0.15, -0.1) is 0 Å². The molecule has 6 nitrogen and oxygen atoms in total. The van der Waals surface area contributed by atoms with Crippen molar-refractivity contribution < 1.29 is 19.0 Å². The summed E-state index contributed by atoms with van der Waals surface area (Å²) in [6, 6.07) is 5.35. The van der Waals surface area contributed by atoms with Gasteiger partial charge in [-0.05, 0) is 24.6 Å². The molecular formula is C14H20N2O4. The topological polar surface area (TPSA) is 68.8 Å². The second-order valence-corrected chi connectivity index (χ2v) is 4.52. The van der Waals surface area contributed by atoms with Gasteiger partial charge in [0.1, 0.15) is 13.2 Å². The molecule has 0 spiro atoms. The van der Waals surface area contributed by atoms with Crippen LogP contribution in [0.25, 0.3) is 0 Å². The highest BCUT2D eigenvalue weighted by Gasteiger charge is 2.15. The van der Waals surface area contributed by atoms with Crippen LogP contribution >= 0.6 is 0 Å². The molecule has 0 bridgehead atoms. The lowest BCUT2D eigenvalue weighted by Crippen LogP contribution is -2.38. The molecule has 1 aliphatic heterocycles. The predicted molar refractivity (Wildman–Crippen MR) is 74.3 cm³/mol. The van der Waals surface area contributed by atoms with Crippen LogP contribution in [-0.2, 0) is 4.74 Å². The molecule has 2 amide bonds. The van der Waals surface area contributed by atoms with Gasteiger partial charge < -0.3 is 24.8 Å². The quantitative estimate of drug-likeness (QED) is 0.801. The molecule has 0 aliphatic carbocycles. The van der Waals surface area contributed by atoms with Gasteiger partial charge in [0.15, 0.2) is 11.5 Å². The molecule has 1 aliphatic rings. The third-order valence-corrected chi connectivity index (χ3v) is 3.01. The molecule has 0 radical (unpaired) electrons. The van der Waals surface area contributed by atoms with Crippen molar-refractivity contribution in [3.8, 4) is 11.5 Å². The largest absolute Gasteiger partial charge is 0.486 e. The molecule has 1 aromatic carbocycles. The Hall–Kier alpha value is -1.95. The van der Waals surface area contributed by atoms with Crippen LogP contribution in [0.3, 0.4) is 0 Å². The fourth-order valence-electron chi connectivity index (χ4n) is 1.93. The van der Waals surface area contributed by atoms with Crippen molar-refractivity contribution in [3.05, 3.63) is 23.8 Å². The number of carbonyl (C=O) groups excluding carboxylic acids is 1. The predicted octanol–water partition coefficient (Wildman–Crippen LogP) is 1.46. The number of hydrogen-bond donors (Lipinski definition) is 2. The summed E-state index contributed by atoms with van der Waals surface area (Å²) in [5.74, 6) is 1.47. The number of ether oxygens (including phenoxy) is 3. The summed E-state index contributed by atoms with van der Waals surface area (Å²) in [4.78, 5) is 11.7. The standard InChI is InChI=1S/C14H20N2O4/c1-10(16-14(17)15-5-6-18-2)11-3-4-12-13(9-11)20-8-7-19-12/h3-4,9-10H,5-8H2,1-2H3,(H2,15,16,17)/t10-/m1/s1. The third-order valence-electron chi connectivity index (χ3n) is 3.01. The average molecular weight is 280 g/mol. The number of amides is 2. The summed E-state index contributed by atoms with van der Waals surface area (Å²) in [7, 11) is 1.59. The van der Waals surface area contributed by atoms with Crippen LogP contribution in [0.2, 0.25) is 0 Å². The van der Waals surface area contributed by atoms with Crippen molar-refractivity contribution >= 4 is 6.03 Å². The van der Waals surface area contributed by atoms with Crippen LogP contribution in [0, 0.1) is 0 Å². The fraction of sp³-hybridized carbons (Fsp3) is 0.500. The Morgan fingerprint density at radius 2 is 2.10 bits per heavy atom. The van der Waals surface area contributed by atoms with Gasteiger partial charge in [0.2, 0.25) is 0 Å². The first kappa shape index (κ1) is 14.5. The van der Waals surface area contributed by atoms with Gasteiger partial charge in [0.05, 0.1) is 12.6 Å². The van der Waals surface area contributed by atoms with Crippen molar-refractivity contribution in [1.82, 2.24) is 10.6 Å². The first-order valence-electron chi connectivity index (χ1n) is 6.63. The second kappa shape index (κ2) is 7.00. The first-order valence-corrected chi connectivity index (χ1v) is 6.63. The molecule has 0 unspecified atom stereocenters. The Morgan fingerprint density at radius 3 is 2.85 bits per heavy atom. The number of fused-ring (bicyclic) bond motifs is 1. The van der Waals surface area contributed by atoms with Crippen molar-refractivity contribution in [2.45, 2.75) is 13.0 Å². The van der Waals surface area contributed by atoms with Gasteiger partial charge in [0, 0.05) is 13.7 Å². The molecule has 110 valence electrons. The number of rotatable bonds is 5. The Bertz CT molecular complexity index is 464. The van der Waals surface area contributed by atoms with E-state index in [1.165, 1.54) is 0 Å². The molecule has 0 aromatic heterocycles. The lowest BCUT2D eigenvalue weighted by molar-refractivity contribution is 0.171. The van der Waals surface area contributed by atoms with Gasteiger partial charge in [0.25, 0.3) is 0 Å². The molecule has 0 saturated carbocycles. The summed E-state index contributed by atoms with van der Waals surface area (Å²) >= 11 is 0. The summed E-state index contributed by atoms with van der Waals surface area (Å²) in [6.45, 7) is 4.02. The lowest BCUT2D eigenvalue weighted by Gasteiger charge is -2.21. The molecule has 6 heteroatoms. The molecule has 1 atom stereocenters. The van der Waals surface area contributed by atoms with Crippen LogP contribution in [-0.4, -0.2) is 39.5 Å². The van der Waals surface area contributed by atoms with Gasteiger partial charge in [-0.3, -0.25) is 0 Å². The maximum absolute atomic E-state index is 11.7. The van der Waals surface area contributed by atoms with E-state index in [1.54, 1.807) is 7.11 Å². The molecule has 20 heavy (non-hydrogen) atoms. The summed E-state index contributed by atoms with van der Waals surface area (Å²) in [5, 5.41) is 5.58. The molecular weight excluding hydrogens is 260 g/mol. The molecule has 2 N–H and O–H groups in total. The summed E-state index contributed by atoms with van der Waals surface area (Å²) in [6.07, 6.45) is 0. The number of carbonyl (C=O) groups is 1. The molecule has 1 heterocycles. The second-order valence-electron chi connectivity index (χ2n) is 4.52. The van der Waals surface area contributed by atoms with Crippen LogP contribution in [0.5, 0.6) is 11.5 Å². The molecule has 0 fully saturated rings. The van der Waals surface area contributed by atoms with E-state index in [0.717, 1.165) is 17.1 Å². The van der Waals surface area contributed by atoms with Crippen LogP contribution in [0.4, 0.5) is 4.79 Å². The Labute approximate surface area is 118 Å². The maximum atomic E-state index is 11.7. The maximum Gasteiger partial charge on any atom is 0.315 e. The SMILES string of the molecule is COCCNC(=O)N[C@H](C)c1ccc2c(c1)OCCO2. The minimum absolute atomic E-state index is 0.117. The number of benzene rings is 1. The van der Waals surface area contributed by atoms with E-state index in [0.29, 0.717) is 26.4 Å². The normalized spacial score (nSPS) is 14.5. The van der Waals surface area contributed by atoms with E-state index in [4.69, 9.17) is 14.2 Å². The van der Waals surface area contributed by atoms with Crippen molar-refractivity contribution in [1.29, 1.82) is 0 Å². The van der Waals surface area contributed by atoms with E-state index < -0.39 is 0 Å². The van der Waals surface area contributed by atoms with Crippen LogP contribution < -0.4 is 20.1 Å². The third kappa shape index (κ3) is 3.77. The summed E-state index contributed by atoms with van der Waals surface area (Å²) < 4.78 is 15.9. The van der Waals surface area contributed by atoms with Crippen LogP contribution in [0.15, 0.2) is 18.2 Å². The monoisotopic (exact) mass is 280 g/mol. The van der Waals surface area contributed by atoms with Gasteiger partial charge in [-0.1, -0.05) is 6.07 Å². The zero-order valence-electron chi connectivity index (χ0n) is 11.8. The lowest BCUT2D eigenvalue weighted by atomic mass is 10.1. The Balaban J connectivity index is 1.91. The zero-order valence-corrected chi connectivity index (χ0v) is 11.8. The van der Waals surface area contributed by atoms with Gasteiger partial charge >= 0.3 is 6.03 Å². The van der Waals surface area contributed by atoms with Crippen molar-refractivity contribution in [3.63, 3.8) is 0 Å². The Kier molecular flexibility index (Phi) is 5.06. The van der Waals surface area contributed by atoms with Crippen molar-refractivity contribution in [2.24, 2.45) is 0 Å². The number of hydrogen-bond acceptors (Lipinski definition) is 4. The summed E-state index contributed by atoms with van der Waals surface area (Å²) in [5.41, 5.74) is 0.969. The Morgan fingerprint density at radius 1 is 1.35 bits per heavy atom. The fourth-order valence-corrected chi connectivity index (χ4v) is 1.93. The van der Waals surface area contributed by atoms with E-state index in [2.05, 4.69) is 10.6 Å². The van der Waals surface area contributed by atoms with Crippen molar-refractivity contribution in [2.75, 3.05) is 33.5 Å². The highest BCUT2D eigenvalue weighted by Crippen LogP contribution is 2.32. The van der Waals surface area contributed by atoms with Crippen LogP contribution in [0.1, 0.15) is 18.5 Å². The molecule has 2 rings (SSSR count). The van der Waals surface area contributed by atoms with E-state index in [9.17, 15) is 4.79 Å². The number of nitrogens with one attached hydrogen (secondary N) is 2. The zero-order chi connectivity index (χ0) is 14.4. The molecule has 1 aromatic rings. The minimum Gasteiger partial charge on any atom is -0.486 e. The number of methoxy groups -OCH3 is 1. The highest BCUT2D eigenvalue weighted by molar-refractivity contribution is 5.74. The smallest absolute Gasteiger partial charge is 0.315 e. The average Bonchev–Trinajstić information content (AvgIpc) is 2.47. The van der Waals surface area contributed by atoms with E-state index in [-0.39, 0.29) is 12.1 Å². The molecule has 0 saturated heterocycles. The first-order chi connectivity index (χ1) is 9.70. The van der Waals surface area contributed by atoms with Gasteiger partial charge in [-0.25, -0.2) is 4.79 Å². The van der Waals surface area contributed by atoms with E-state index >= 15 is 0 Å². The highest BCUT2D eigenvalue weighted by atomic mass is 16.6. The van der Waals surface area contributed by atoms with E-state index in [1.807, 2.05) is 25.1 Å².